The van der Waals surface area contributed by atoms with E-state index < -0.39 is 16.6 Å². The Morgan fingerprint density at radius 2 is 2.23 bits per heavy atom. The molecule has 118 valence electrons. The number of aldehydes is 1. The lowest BCUT2D eigenvalue weighted by atomic mass is 10.2. The first-order valence-corrected chi connectivity index (χ1v) is 7.23. The van der Waals surface area contributed by atoms with E-state index >= 15 is 0 Å². The highest BCUT2D eigenvalue weighted by molar-refractivity contribution is 7.17. The fourth-order valence-electron chi connectivity index (χ4n) is 1.38. The van der Waals surface area contributed by atoms with Gasteiger partial charge in [-0.2, -0.15) is 0 Å². The van der Waals surface area contributed by atoms with Crippen LogP contribution in [-0.2, 0) is 4.74 Å². The number of amides is 1. The van der Waals surface area contributed by atoms with E-state index in [-0.39, 0.29) is 22.0 Å². The Labute approximate surface area is 131 Å². The molecule has 0 saturated heterocycles. The molecule has 1 amide bonds. The molecule has 0 saturated carbocycles. The average molecular weight is 324 g/mol. The van der Waals surface area contributed by atoms with Crippen LogP contribution in [-0.4, -0.2) is 29.4 Å². The molecule has 1 rings (SSSR count). The van der Waals surface area contributed by atoms with Gasteiger partial charge in [0.25, 0.3) is 0 Å². The van der Waals surface area contributed by atoms with Gasteiger partial charge in [-0.15, -0.1) is 0 Å². The molecule has 0 aliphatic heterocycles. The second kappa shape index (κ2) is 7.56. The highest BCUT2D eigenvalue weighted by atomic mass is 32.1. The van der Waals surface area contributed by atoms with Crippen LogP contribution in [0.2, 0.25) is 0 Å². The standard InChI is InChI=1S/C14H16N2O5S/c1-14(2,3)21-13(18)15-7-5-4-6-10-8-11(9-17)22-12(10)16(19)20/h8-9H,5,7H2,1-3H3,(H,15,18). The Balaban J connectivity index is 2.55. The van der Waals surface area contributed by atoms with Crippen LogP contribution in [0.25, 0.3) is 0 Å². The van der Waals surface area contributed by atoms with Crippen molar-refractivity contribution in [2.45, 2.75) is 32.8 Å². The summed E-state index contributed by atoms with van der Waals surface area (Å²) < 4.78 is 5.05. The van der Waals surface area contributed by atoms with Gasteiger partial charge in [0.2, 0.25) is 0 Å². The van der Waals surface area contributed by atoms with Gasteiger partial charge < -0.3 is 10.1 Å². The summed E-state index contributed by atoms with van der Waals surface area (Å²) in [7, 11) is 0. The lowest BCUT2D eigenvalue weighted by molar-refractivity contribution is -0.380. The number of nitro groups is 1. The average Bonchev–Trinajstić information content (AvgIpc) is 2.79. The zero-order valence-electron chi connectivity index (χ0n) is 12.5. The van der Waals surface area contributed by atoms with E-state index in [2.05, 4.69) is 17.2 Å². The number of hydrogen-bond donors (Lipinski definition) is 1. The molecule has 1 N–H and O–H groups in total. The van der Waals surface area contributed by atoms with Gasteiger partial charge in [0.1, 0.15) is 11.2 Å². The number of rotatable bonds is 4. The summed E-state index contributed by atoms with van der Waals surface area (Å²) in [6, 6.07) is 1.38. The van der Waals surface area contributed by atoms with Crippen LogP contribution in [0.1, 0.15) is 42.4 Å². The van der Waals surface area contributed by atoms with Gasteiger partial charge in [-0.25, -0.2) is 4.79 Å². The maximum absolute atomic E-state index is 11.4. The van der Waals surface area contributed by atoms with Crippen LogP contribution < -0.4 is 5.32 Å². The third kappa shape index (κ3) is 5.93. The predicted molar refractivity (Wildman–Crippen MR) is 82.1 cm³/mol. The molecule has 22 heavy (non-hydrogen) atoms. The van der Waals surface area contributed by atoms with Crippen molar-refractivity contribution in [3.63, 3.8) is 0 Å². The molecule has 0 fully saturated rings. The second-order valence-corrected chi connectivity index (χ2v) is 6.29. The molecule has 0 atom stereocenters. The fourth-order valence-corrected chi connectivity index (χ4v) is 2.12. The molecule has 0 bridgehead atoms. The van der Waals surface area contributed by atoms with Crippen LogP contribution in [0.15, 0.2) is 6.07 Å². The Bertz CT molecular complexity index is 634. The maximum atomic E-state index is 11.4. The number of nitrogens with zero attached hydrogens (tertiary/aromatic N) is 1. The maximum Gasteiger partial charge on any atom is 0.407 e. The Hall–Kier alpha value is -2.40. The number of thiophene rings is 1. The lowest BCUT2D eigenvalue weighted by Gasteiger charge is -2.19. The Morgan fingerprint density at radius 3 is 2.77 bits per heavy atom. The van der Waals surface area contributed by atoms with Gasteiger partial charge in [-0.1, -0.05) is 23.2 Å². The van der Waals surface area contributed by atoms with Crippen LogP contribution >= 0.6 is 11.3 Å². The molecular formula is C14H16N2O5S. The molecule has 0 radical (unpaired) electrons. The van der Waals surface area contributed by atoms with E-state index in [1.54, 1.807) is 20.8 Å². The normalized spacial score (nSPS) is 10.3. The van der Waals surface area contributed by atoms with E-state index in [4.69, 9.17) is 4.74 Å². The number of alkyl carbamates (subject to hydrolysis) is 1. The first-order valence-electron chi connectivity index (χ1n) is 6.42. The van der Waals surface area contributed by atoms with Crippen molar-refractivity contribution in [2.24, 2.45) is 0 Å². The van der Waals surface area contributed by atoms with Crippen LogP contribution in [0, 0.1) is 22.0 Å². The van der Waals surface area contributed by atoms with Crippen molar-refractivity contribution in [2.75, 3.05) is 6.54 Å². The number of carbonyl (C=O) groups excluding carboxylic acids is 2. The zero-order valence-corrected chi connectivity index (χ0v) is 13.3. The quantitative estimate of drug-likeness (QED) is 0.302. The zero-order chi connectivity index (χ0) is 16.8. The van der Waals surface area contributed by atoms with Crippen LogP contribution in [0.4, 0.5) is 9.80 Å². The minimum absolute atomic E-state index is 0.158. The third-order valence-electron chi connectivity index (χ3n) is 2.15. The van der Waals surface area contributed by atoms with Gasteiger partial charge in [0, 0.05) is 13.0 Å². The minimum atomic E-state index is -0.571. The minimum Gasteiger partial charge on any atom is -0.444 e. The van der Waals surface area contributed by atoms with Crippen molar-refractivity contribution in [1.29, 1.82) is 0 Å². The van der Waals surface area contributed by atoms with Crippen molar-refractivity contribution < 1.29 is 19.2 Å². The summed E-state index contributed by atoms with van der Waals surface area (Å²) in [6.45, 7) is 5.53. The highest BCUT2D eigenvalue weighted by Gasteiger charge is 2.17. The van der Waals surface area contributed by atoms with Gasteiger partial charge in [0.05, 0.1) is 9.80 Å². The summed E-state index contributed by atoms with van der Waals surface area (Å²) in [4.78, 5) is 32.5. The highest BCUT2D eigenvalue weighted by Crippen LogP contribution is 2.28. The van der Waals surface area contributed by atoms with Crippen LogP contribution in [0.3, 0.4) is 0 Å². The first kappa shape index (κ1) is 17.7. The molecule has 0 aliphatic carbocycles. The SMILES string of the molecule is CC(C)(C)OC(=O)NCCC#Cc1cc(C=O)sc1[N+](=O)[O-]. The topological polar surface area (TPSA) is 98.5 Å². The number of nitrogens with one attached hydrogen (secondary N) is 1. The fraction of sp³-hybridized carbons (Fsp3) is 0.429. The Morgan fingerprint density at radius 1 is 1.55 bits per heavy atom. The van der Waals surface area contributed by atoms with Gasteiger partial charge in [0.15, 0.2) is 6.29 Å². The molecule has 0 aromatic carbocycles. The molecule has 8 heteroatoms. The van der Waals surface area contributed by atoms with E-state index in [1.165, 1.54) is 6.07 Å². The summed E-state index contributed by atoms with van der Waals surface area (Å²) in [5.74, 6) is 5.36. The molecular weight excluding hydrogens is 308 g/mol. The largest absolute Gasteiger partial charge is 0.444 e. The number of hydrogen-bond acceptors (Lipinski definition) is 6. The van der Waals surface area contributed by atoms with Crippen molar-refractivity contribution in [1.82, 2.24) is 5.32 Å². The van der Waals surface area contributed by atoms with Gasteiger partial charge >= 0.3 is 11.1 Å². The number of carbonyl (C=O) groups is 2. The van der Waals surface area contributed by atoms with Crippen molar-refractivity contribution >= 4 is 28.7 Å². The van der Waals surface area contributed by atoms with Crippen LogP contribution in [0.5, 0.6) is 0 Å². The van der Waals surface area contributed by atoms with Gasteiger partial charge in [-0.05, 0) is 26.8 Å². The number of ether oxygens (including phenoxy) is 1. The van der Waals surface area contributed by atoms with Crippen molar-refractivity contribution in [3.05, 3.63) is 26.6 Å². The van der Waals surface area contributed by atoms with E-state index in [1.807, 2.05) is 0 Å². The first-order chi connectivity index (χ1) is 10.2. The molecule has 0 aliphatic rings. The van der Waals surface area contributed by atoms with Crippen molar-refractivity contribution in [3.8, 4) is 11.8 Å². The smallest absolute Gasteiger partial charge is 0.407 e. The molecule has 1 aromatic rings. The predicted octanol–water partition coefficient (Wildman–Crippen LogP) is 2.74. The molecule has 1 heterocycles. The van der Waals surface area contributed by atoms with E-state index in [0.29, 0.717) is 12.7 Å². The van der Waals surface area contributed by atoms with E-state index in [0.717, 1.165) is 11.3 Å². The van der Waals surface area contributed by atoms with E-state index in [9.17, 15) is 19.7 Å². The third-order valence-corrected chi connectivity index (χ3v) is 3.17. The molecule has 0 unspecified atom stereocenters. The van der Waals surface area contributed by atoms with Gasteiger partial charge in [-0.3, -0.25) is 14.9 Å². The summed E-state index contributed by atoms with van der Waals surface area (Å²) in [5, 5.41) is 13.2. The summed E-state index contributed by atoms with van der Waals surface area (Å²) in [5.41, 5.74) is -0.368. The molecule has 7 nitrogen and oxygen atoms in total. The second-order valence-electron chi connectivity index (χ2n) is 5.22. The summed E-state index contributed by atoms with van der Waals surface area (Å²) in [6.07, 6.45) is 0.314. The summed E-state index contributed by atoms with van der Waals surface area (Å²) >= 11 is 0.783. The molecule has 1 aromatic heterocycles. The lowest BCUT2D eigenvalue weighted by Crippen LogP contribution is -2.32. The Kier molecular flexibility index (Phi) is 6.07. The monoisotopic (exact) mass is 324 g/mol. The molecule has 0 spiro atoms.